The quantitative estimate of drug-likeness (QED) is 0.611. The number of ether oxygens (including phenoxy) is 2. The fourth-order valence-corrected chi connectivity index (χ4v) is 4.37. The molecule has 0 aliphatic carbocycles. The third kappa shape index (κ3) is 4.23. The first-order valence-electron chi connectivity index (χ1n) is 9.30. The second kappa shape index (κ2) is 8.18. The number of sulfonamides is 1. The standard InChI is InChI=1S/C22H20ClNO5S/c1-14-2-8-17(9-3-14)30(26,27)24-19-13-21-20(28-10-11-29-21)12-18(19)22(25)15-4-6-16(23)7-5-15/h2-9,12-13,22,24-25H,10-11H2,1H3/t22-/m1/s1. The van der Waals surface area contributed by atoms with Crippen molar-refractivity contribution in [3.05, 3.63) is 82.4 Å². The number of hydrogen-bond donors (Lipinski definition) is 2. The average Bonchev–Trinajstić information content (AvgIpc) is 2.73. The van der Waals surface area contributed by atoms with Gasteiger partial charge in [0.15, 0.2) is 11.5 Å². The van der Waals surface area contributed by atoms with Gasteiger partial charge in [-0.1, -0.05) is 41.4 Å². The number of nitrogens with one attached hydrogen (secondary N) is 1. The number of rotatable bonds is 5. The van der Waals surface area contributed by atoms with E-state index in [1.165, 1.54) is 18.2 Å². The highest BCUT2D eigenvalue weighted by atomic mass is 35.5. The van der Waals surface area contributed by atoms with Crippen LogP contribution in [0.1, 0.15) is 22.8 Å². The van der Waals surface area contributed by atoms with E-state index in [1.54, 1.807) is 42.5 Å². The number of anilines is 1. The summed E-state index contributed by atoms with van der Waals surface area (Å²) >= 11 is 5.94. The molecule has 0 unspecified atom stereocenters. The van der Waals surface area contributed by atoms with Crippen LogP contribution >= 0.6 is 11.6 Å². The minimum atomic E-state index is -3.88. The number of aliphatic hydroxyl groups is 1. The normalized spacial score (nSPS) is 14.2. The zero-order valence-corrected chi connectivity index (χ0v) is 17.7. The number of aliphatic hydroxyl groups excluding tert-OH is 1. The fourth-order valence-electron chi connectivity index (χ4n) is 3.16. The lowest BCUT2D eigenvalue weighted by molar-refractivity contribution is 0.170. The molecular weight excluding hydrogens is 426 g/mol. The van der Waals surface area contributed by atoms with Gasteiger partial charge >= 0.3 is 0 Å². The molecule has 0 saturated heterocycles. The molecule has 1 aliphatic heterocycles. The Morgan fingerprint density at radius 2 is 1.57 bits per heavy atom. The topological polar surface area (TPSA) is 84.9 Å². The van der Waals surface area contributed by atoms with E-state index in [4.69, 9.17) is 21.1 Å². The highest BCUT2D eigenvalue weighted by Crippen LogP contribution is 2.40. The third-order valence-corrected chi connectivity index (χ3v) is 6.40. The Kier molecular flexibility index (Phi) is 5.60. The summed E-state index contributed by atoms with van der Waals surface area (Å²) in [5, 5.41) is 11.5. The molecule has 3 aromatic carbocycles. The van der Waals surface area contributed by atoms with Crippen molar-refractivity contribution in [2.75, 3.05) is 17.9 Å². The molecular formula is C22H20ClNO5S. The molecule has 156 valence electrons. The molecule has 0 amide bonds. The molecule has 0 radical (unpaired) electrons. The van der Waals surface area contributed by atoms with Gasteiger partial charge in [0.2, 0.25) is 0 Å². The minimum Gasteiger partial charge on any atom is -0.486 e. The van der Waals surface area contributed by atoms with Gasteiger partial charge in [-0.15, -0.1) is 0 Å². The van der Waals surface area contributed by atoms with Crippen LogP contribution < -0.4 is 14.2 Å². The molecule has 0 bridgehead atoms. The number of aryl methyl sites for hydroxylation is 1. The van der Waals surface area contributed by atoms with Crippen molar-refractivity contribution < 1.29 is 23.0 Å². The van der Waals surface area contributed by atoms with Crippen LogP contribution in [0.25, 0.3) is 0 Å². The molecule has 0 saturated carbocycles. The number of fused-ring (bicyclic) bond motifs is 1. The van der Waals surface area contributed by atoms with E-state index in [9.17, 15) is 13.5 Å². The van der Waals surface area contributed by atoms with Crippen LogP contribution in [-0.4, -0.2) is 26.7 Å². The maximum atomic E-state index is 13.0. The Bertz CT molecular complexity index is 1160. The Morgan fingerprint density at radius 3 is 2.20 bits per heavy atom. The van der Waals surface area contributed by atoms with Crippen LogP contribution in [0.15, 0.2) is 65.6 Å². The summed E-state index contributed by atoms with van der Waals surface area (Å²) in [6.45, 7) is 2.61. The van der Waals surface area contributed by atoms with Crippen molar-refractivity contribution >= 4 is 27.3 Å². The van der Waals surface area contributed by atoms with Crippen LogP contribution in [0.3, 0.4) is 0 Å². The predicted molar refractivity (Wildman–Crippen MR) is 115 cm³/mol. The summed E-state index contributed by atoms with van der Waals surface area (Å²) in [5.74, 6) is 0.859. The van der Waals surface area contributed by atoms with Crippen molar-refractivity contribution in [3.8, 4) is 11.5 Å². The third-order valence-electron chi connectivity index (χ3n) is 4.77. The van der Waals surface area contributed by atoms with Crippen LogP contribution in [0.2, 0.25) is 5.02 Å². The van der Waals surface area contributed by atoms with Crippen molar-refractivity contribution in [3.63, 3.8) is 0 Å². The Hall–Kier alpha value is -2.74. The van der Waals surface area contributed by atoms with E-state index in [2.05, 4.69) is 4.72 Å². The molecule has 3 aromatic rings. The Balaban J connectivity index is 1.77. The van der Waals surface area contributed by atoms with Crippen LogP contribution in [0, 0.1) is 6.92 Å². The zero-order valence-electron chi connectivity index (χ0n) is 16.1. The molecule has 2 N–H and O–H groups in total. The monoisotopic (exact) mass is 445 g/mol. The van der Waals surface area contributed by atoms with Crippen LogP contribution in [0.4, 0.5) is 5.69 Å². The average molecular weight is 446 g/mol. The molecule has 1 atom stereocenters. The lowest BCUT2D eigenvalue weighted by atomic mass is 9.99. The highest BCUT2D eigenvalue weighted by molar-refractivity contribution is 7.92. The first kappa shape index (κ1) is 20.5. The molecule has 1 aliphatic rings. The molecule has 1 heterocycles. The SMILES string of the molecule is Cc1ccc(S(=O)(=O)Nc2cc3c(cc2[C@H](O)c2ccc(Cl)cc2)OCCO3)cc1. The van der Waals surface area contributed by atoms with Crippen molar-refractivity contribution in [2.45, 2.75) is 17.9 Å². The van der Waals surface area contributed by atoms with E-state index >= 15 is 0 Å². The van der Waals surface area contributed by atoms with Gasteiger partial charge in [0.05, 0.1) is 10.6 Å². The second-order valence-electron chi connectivity index (χ2n) is 6.96. The van der Waals surface area contributed by atoms with Gasteiger partial charge < -0.3 is 14.6 Å². The minimum absolute atomic E-state index is 0.120. The number of benzene rings is 3. The van der Waals surface area contributed by atoms with Crippen LogP contribution in [0.5, 0.6) is 11.5 Å². The van der Waals surface area contributed by atoms with Crippen LogP contribution in [-0.2, 0) is 10.0 Å². The number of halogens is 1. The van der Waals surface area contributed by atoms with Gasteiger partial charge in [0.1, 0.15) is 19.3 Å². The maximum absolute atomic E-state index is 13.0. The van der Waals surface area contributed by atoms with E-state index in [1.807, 2.05) is 6.92 Å². The first-order chi connectivity index (χ1) is 14.3. The van der Waals surface area contributed by atoms with E-state index in [-0.39, 0.29) is 10.6 Å². The zero-order chi connectivity index (χ0) is 21.3. The van der Waals surface area contributed by atoms with Crippen molar-refractivity contribution in [1.82, 2.24) is 0 Å². The smallest absolute Gasteiger partial charge is 0.261 e. The summed E-state index contributed by atoms with van der Waals surface area (Å²) in [6.07, 6.45) is -1.10. The van der Waals surface area contributed by atoms with Gasteiger partial charge in [0.25, 0.3) is 10.0 Å². The molecule has 6 nitrogen and oxygen atoms in total. The Labute approximate surface area is 180 Å². The molecule has 30 heavy (non-hydrogen) atoms. The maximum Gasteiger partial charge on any atom is 0.261 e. The summed E-state index contributed by atoms with van der Waals surface area (Å²) < 4.78 is 39.7. The fraction of sp³-hybridized carbons (Fsp3) is 0.182. The van der Waals surface area contributed by atoms with Gasteiger partial charge in [-0.2, -0.15) is 0 Å². The van der Waals surface area contributed by atoms with Crippen molar-refractivity contribution in [1.29, 1.82) is 0 Å². The lowest BCUT2D eigenvalue weighted by Crippen LogP contribution is -2.19. The molecule has 0 fully saturated rings. The van der Waals surface area contributed by atoms with Gasteiger partial charge in [0, 0.05) is 16.7 Å². The summed E-state index contributed by atoms with van der Waals surface area (Å²) in [4.78, 5) is 0.120. The lowest BCUT2D eigenvalue weighted by Gasteiger charge is -2.24. The Morgan fingerprint density at radius 1 is 0.967 bits per heavy atom. The molecule has 4 rings (SSSR count). The molecule has 0 spiro atoms. The first-order valence-corrected chi connectivity index (χ1v) is 11.2. The molecule has 8 heteroatoms. The van der Waals surface area contributed by atoms with Gasteiger partial charge in [-0.05, 0) is 42.8 Å². The summed E-state index contributed by atoms with van der Waals surface area (Å²) in [6, 6.07) is 16.3. The largest absolute Gasteiger partial charge is 0.486 e. The molecule has 0 aromatic heterocycles. The van der Waals surface area contributed by atoms with Gasteiger partial charge in [-0.25, -0.2) is 8.42 Å². The van der Waals surface area contributed by atoms with Gasteiger partial charge in [-0.3, -0.25) is 4.72 Å². The van der Waals surface area contributed by atoms with Crippen molar-refractivity contribution in [2.24, 2.45) is 0 Å². The summed E-state index contributed by atoms with van der Waals surface area (Å²) in [5.41, 5.74) is 2.07. The summed E-state index contributed by atoms with van der Waals surface area (Å²) in [7, 11) is -3.88. The highest BCUT2D eigenvalue weighted by Gasteiger charge is 2.24. The number of hydrogen-bond acceptors (Lipinski definition) is 5. The van der Waals surface area contributed by atoms with E-state index < -0.39 is 16.1 Å². The second-order valence-corrected chi connectivity index (χ2v) is 9.07. The van der Waals surface area contributed by atoms with E-state index in [0.29, 0.717) is 40.9 Å². The predicted octanol–water partition coefficient (Wildman–Crippen LogP) is 4.30. The van der Waals surface area contributed by atoms with E-state index in [0.717, 1.165) is 5.56 Å².